The quantitative estimate of drug-likeness (QED) is 0.713. The van der Waals surface area contributed by atoms with Crippen molar-refractivity contribution in [2.45, 2.75) is 11.1 Å². The van der Waals surface area contributed by atoms with Crippen molar-refractivity contribution in [2.75, 3.05) is 11.1 Å². The number of carbonyl (C=O) groups excluding carboxylic acids is 2. The van der Waals surface area contributed by atoms with Gasteiger partial charge in [0.2, 0.25) is 5.91 Å². The smallest absolute Gasteiger partial charge is 0.257 e. The predicted octanol–water partition coefficient (Wildman–Crippen LogP) is 2.64. The first-order chi connectivity index (χ1) is 10.4. The minimum Gasteiger partial charge on any atom is -0.506 e. The highest BCUT2D eigenvalue weighted by Gasteiger charge is 2.14. The van der Waals surface area contributed by atoms with E-state index in [0.29, 0.717) is 10.7 Å². The van der Waals surface area contributed by atoms with Crippen molar-refractivity contribution in [1.29, 1.82) is 0 Å². The lowest BCUT2D eigenvalue weighted by Gasteiger charge is -2.03. The van der Waals surface area contributed by atoms with Crippen LogP contribution in [-0.2, 0) is 4.79 Å². The summed E-state index contributed by atoms with van der Waals surface area (Å²) in [4.78, 5) is 27.1. The zero-order valence-electron chi connectivity index (χ0n) is 11.4. The molecule has 2 rings (SSSR count). The van der Waals surface area contributed by atoms with Gasteiger partial charge in [-0.25, -0.2) is 4.98 Å². The summed E-state index contributed by atoms with van der Waals surface area (Å²) in [6.07, 6.45) is 0. The summed E-state index contributed by atoms with van der Waals surface area (Å²) in [6.45, 7) is 1.78. The first-order valence-corrected chi connectivity index (χ1v) is 8.23. The molecule has 2 amide bonds. The zero-order chi connectivity index (χ0) is 16.3. The Kier molecular flexibility index (Phi) is 5.28. The number of phenols is 1. The number of halogens is 1. The predicted molar refractivity (Wildman–Crippen MR) is 87.8 cm³/mol. The van der Waals surface area contributed by atoms with E-state index in [1.165, 1.54) is 41.3 Å². The Labute approximate surface area is 139 Å². The third kappa shape index (κ3) is 4.12. The van der Waals surface area contributed by atoms with Crippen LogP contribution in [0.1, 0.15) is 16.1 Å². The molecule has 0 saturated heterocycles. The van der Waals surface area contributed by atoms with E-state index in [-0.39, 0.29) is 22.4 Å². The van der Waals surface area contributed by atoms with Crippen LogP contribution in [0.25, 0.3) is 0 Å². The number of phenolic OH excluding ortho intramolecular Hbond substituents is 1. The topological polar surface area (TPSA) is 105 Å². The Hall–Kier alpha value is -1.77. The summed E-state index contributed by atoms with van der Waals surface area (Å²) in [6, 6.07) is 4.17. The molecule has 0 spiro atoms. The van der Waals surface area contributed by atoms with E-state index in [1.54, 1.807) is 6.92 Å². The summed E-state index contributed by atoms with van der Waals surface area (Å²) in [5.41, 5.74) is 6.13. The molecule has 0 radical (unpaired) electrons. The van der Waals surface area contributed by atoms with Gasteiger partial charge in [0.1, 0.15) is 5.75 Å². The molecular weight excluding hydrogens is 346 g/mol. The minimum absolute atomic E-state index is 0.0894. The molecule has 0 saturated carbocycles. The molecule has 116 valence electrons. The second-order valence-corrected chi connectivity index (χ2v) is 6.92. The number of aromatic nitrogens is 1. The van der Waals surface area contributed by atoms with Crippen LogP contribution in [0.5, 0.6) is 5.75 Å². The van der Waals surface area contributed by atoms with Crippen LogP contribution in [0, 0.1) is 6.92 Å². The second-order valence-electron chi connectivity index (χ2n) is 4.27. The van der Waals surface area contributed by atoms with E-state index in [0.717, 1.165) is 9.90 Å². The van der Waals surface area contributed by atoms with Gasteiger partial charge in [0.15, 0.2) is 5.13 Å². The van der Waals surface area contributed by atoms with Gasteiger partial charge in [-0.3, -0.25) is 14.9 Å². The fraction of sp³-hybridized carbons (Fsp3) is 0.154. The molecule has 4 N–H and O–H groups in total. The number of thiazole rings is 1. The number of rotatable bonds is 5. The largest absolute Gasteiger partial charge is 0.506 e. The van der Waals surface area contributed by atoms with Crippen LogP contribution in [0.15, 0.2) is 22.4 Å². The van der Waals surface area contributed by atoms with Gasteiger partial charge >= 0.3 is 0 Å². The van der Waals surface area contributed by atoms with Gasteiger partial charge in [-0.1, -0.05) is 22.9 Å². The highest BCUT2D eigenvalue weighted by Crippen LogP contribution is 2.32. The lowest BCUT2D eigenvalue weighted by atomic mass is 10.2. The number of aromatic hydroxyl groups is 1. The number of hydrogen-bond acceptors (Lipinski definition) is 6. The molecule has 1 heterocycles. The number of hydrogen-bond donors (Lipinski definition) is 3. The lowest BCUT2D eigenvalue weighted by Crippen LogP contribution is -2.12. The Balaban J connectivity index is 2.09. The number of nitrogens with two attached hydrogens (primary N) is 1. The van der Waals surface area contributed by atoms with E-state index in [1.807, 2.05) is 0 Å². The third-order valence-corrected chi connectivity index (χ3v) is 5.29. The first kappa shape index (κ1) is 16.6. The van der Waals surface area contributed by atoms with Crippen LogP contribution in [0.3, 0.4) is 0 Å². The summed E-state index contributed by atoms with van der Waals surface area (Å²) in [7, 11) is 0. The maximum Gasteiger partial charge on any atom is 0.257 e. The van der Waals surface area contributed by atoms with E-state index in [4.69, 9.17) is 17.3 Å². The molecule has 22 heavy (non-hydrogen) atoms. The normalized spacial score (nSPS) is 10.5. The van der Waals surface area contributed by atoms with E-state index >= 15 is 0 Å². The number of carbonyl (C=O) groups is 2. The molecule has 6 nitrogen and oxygen atoms in total. The van der Waals surface area contributed by atoms with Gasteiger partial charge in [-0.15, -0.1) is 11.8 Å². The Morgan fingerprint density at radius 3 is 2.86 bits per heavy atom. The number of aryl methyl sites for hydroxylation is 1. The monoisotopic (exact) mass is 357 g/mol. The Bertz CT molecular complexity index is 733. The van der Waals surface area contributed by atoms with Crippen molar-refractivity contribution in [3.05, 3.63) is 34.5 Å². The maximum absolute atomic E-state index is 12.1. The molecular formula is C13H12ClN3O3S2. The summed E-state index contributed by atoms with van der Waals surface area (Å²) in [5.74, 6) is -0.734. The number of anilines is 1. The highest BCUT2D eigenvalue weighted by molar-refractivity contribution is 8.01. The number of amides is 2. The fourth-order valence-corrected chi connectivity index (χ4v) is 3.58. The van der Waals surface area contributed by atoms with Gasteiger partial charge in [0, 0.05) is 5.56 Å². The number of primary amides is 1. The van der Waals surface area contributed by atoms with Crippen LogP contribution < -0.4 is 11.1 Å². The van der Waals surface area contributed by atoms with Crippen LogP contribution in [0.2, 0.25) is 5.02 Å². The fourth-order valence-electron chi connectivity index (χ4n) is 1.52. The zero-order valence-corrected chi connectivity index (χ0v) is 13.8. The lowest BCUT2D eigenvalue weighted by molar-refractivity contribution is -0.115. The molecule has 0 aliphatic rings. The van der Waals surface area contributed by atoms with E-state index in [2.05, 4.69) is 10.3 Å². The molecule has 0 bridgehead atoms. The third-order valence-electron chi connectivity index (χ3n) is 2.53. The molecule has 2 aromatic rings. The molecule has 0 aliphatic carbocycles. The standard InChI is InChI=1S/C13H12ClN3O3S2/c1-6-12(21-5-10(15)19)22-13(16-6)17-11(20)7-2-3-9(18)8(14)4-7/h2-4,18H,5H2,1H3,(H2,15,19)(H,16,17,20). The number of nitrogens with zero attached hydrogens (tertiary/aromatic N) is 1. The average Bonchev–Trinajstić information content (AvgIpc) is 2.79. The Morgan fingerprint density at radius 1 is 1.50 bits per heavy atom. The molecule has 1 aromatic carbocycles. The van der Waals surface area contributed by atoms with Gasteiger partial charge in [-0.05, 0) is 25.1 Å². The van der Waals surface area contributed by atoms with Crippen LogP contribution in [-0.4, -0.2) is 27.7 Å². The Morgan fingerprint density at radius 2 is 2.23 bits per heavy atom. The van der Waals surface area contributed by atoms with Crippen molar-refractivity contribution in [1.82, 2.24) is 4.98 Å². The second kappa shape index (κ2) is 6.99. The van der Waals surface area contributed by atoms with Gasteiger partial charge in [-0.2, -0.15) is 0 Å². The number of nitrogens with one attached hydrogen (secondary N) is 1. The van der Waals surface area contributed by atoms with Gasteiger partial charge < -0.3 is 10.8 Å². The van der Waals surface area contributed by atoms with E-state index < -0.39 is 5.91 Å². The molecule has 0 fully saturated rings. The first-order valence-electron chi connectivity index (χ1n) is 6.05. The van der Waals surface area contributed by atoms with Gasteiger partial charge in [0.25, 0.3) is 5.91 Å². The maximum atomic E-state index is 12.1. The molecule has 9 heteroatoms. The average molecular weight is 358 g/mol. The van der Waals surface area contributed by atoms with E-state index in [9.17, 15) is 14.7 Å². The van der Waals surface area contributed by atoms with Crippen molar-refractivity contribution in [3.63, 3.8) is 0 Å². The molecule has 1 aromatic heterocycles. The van der Waals surface area contributed by atoms with Crippen LogP contribution >= 0.6 is 34.7 Å². The van der Waals surface area contributed by atoms with Crippen LogP contribution in [0.4, 0.5) is 5.13 Å². The van der Waals surface area contributed by atoms with Crippen molar-refractivity contribution >= 4 is 51.6 Å². The number of benzene rings is 1. The van der Waals surface area contributed by atoms with Crippen molar-refractivity contribution in [2.24, 2.45) is 5.73 Å². The summed E-state index contributed by atoms with van der Waals surface area (Å²) in [5, 5.41) is 12.5. The molecule has 0 aliphatic heterocycles. The highest BCUT2D eigenvalue weighted by atomic mass is 35.5. The van der Waals surface area contributed by atoms with Crippen molar-refractivity contribution in [3.8, 4) is 5.75 Å². The van der Waals surface area contributed by atoms with Crippen molar-refractivity contribution < 1.29 is 14.7 Å². The molecule has 0 atom stereocenters. The minimum atomic E-state index is -0.415. The summed E-state index contributed by atoms with van der Waals surface area (Å²) < 4.78 is 0.817. The SMILES string of the molecule is Cc1nc(NC(=O)c2ccc(O)c(Cl)c2)sc1SCC(N)=O. The summed E-state index contributed by atoms with van der Waals surface area (Å²) >= 11 is 8.31. The number of thioether (sulfide) groups is 1. The van der Waals surface area contributed by atoms with Gasteiger partial charge in [0.05, 0.1) is 20.7 Å². The molecule has 0 unspecified atom stereocenters.